The Morgan fingerprint density at radius 2 is 2.00 bits per heavy atom. The zero-order valence-corrected chi connectivity index (χ0v) is 14.6. The van der Waals surface area contributed by atoms with Crippen molar-refractivity contribution in [1.29, 1.82) is 0 Å². The Hall–Kier alpha value is -2.41. The maximum Gasteiger partial charge on any atom is 0.210 e. The fourth-order valence-electron chi connectivity index (χ4n) is 2.42. The minimum atomic E-state index is 0.0770. The van der Waals surface area contributed by atoms with Crippen LogP contribution in [0.15, 0.2) is 40.1 Å². The first-order valence-electron chi connectivity index (χ1n) is 7.57. The van der Waals surface area contributed by atoms with Gasteiger partial charge in [-0.05, 0) is 66.1 Å². The smallest absolute Gasteiger partial charge is 0.210 e. The fraction of sp³-hybridized carbons (Fsp3) is 0.294. The van der Waals surface area contributed by atoms with Crippen molar-refractivity contribution >= 4 is 17.5 Å². The zero-order chi connectivity index (χ0) is 17.1. The molecule has 0 amide bonds. The molecule has 124 valence electrons. The second-order valence-corrected chi connectivity index (χ2v) is 6.60. The lowest BCUT2D eigenvalue weighted by molar-refractivity contribution is 0.102. The van der Waals surface area contributed by atoms with E-state index in [1.807, 2.05) is 45.0 Å². The van der Waals surface area contributed by atoms with E-state index in [2.05, 4.69) is 15.5 Å². The van der Waals surface area contributed by atoms with Crippen LogP contribution in [0, 0.1) is 20.8 Å². The number of furan rings is 1. The summed E-state index contributed by atoms with van der Waals surface area (Å²) in [5.74, 6) is 1.13. The first-order chi connectivity index (χ1) is 11.5. The molecule has 2 aromatic heterocycles. The van der Waals surface area contributed by atoms with Gasteiger partial charge in [0, 0.05) is 5.56 Å². The highest BCUT2D eigenvalue weighted by atomic mass is 32.2. The van der Waals surface area contributed by atoms with Crippen LogP contribution in [0.4, 0.5) is 0 Å². The van der Waals surface area contributed by atoms with Gasteiger partial charge in [-0.1, -0.05) is 17.8 Å². The Kier molecular flexibility index (Phi) is 4.80. The number of ketones is 1. The maximum absolute atomic E-state index is 12.5. The molecule has 7 heteroatoms. The van der Waals surface area contributed by atoms with Crippen LogP contribution >= 0.6 is 11.8 Å². The summed E-state index contributed by atoms with van der Waals surface area (Å²) in [5, 5.41) is 12.2. The summed E-state index contributed by atoms with van der Waals surface area (Å²) in [7, 11) is 0. The molecule has 0 aliphatic carbocycles. The van der Waals surface area contributed by atoms with Gasteiger partial charge in [-0.3, -0.25) is 4.79 Å². The van der Waals surface area contributed by atoms with Gasteiger partial charge in [-0.25, -0.2) is 4.68 Å². The minimum absolute atomic E-state index is 0.0770. The molecule has 0 saturated carbocycles. The molecule has 0 unspecified atom stereocenters. The van der Waals surface area contributed by atoms with Crippen LogP contribution in [0.1, 0.15) is 32.8 Å². The first kappa shape index (κ1) is 16.4. The summed E-state index contributed by atoms with van der Waals surface area (Å²) >= 11 is 1.33. The van der Waals surface area contributed by atoms with Gasteiger partial charge in [0.15, 0.2) is 5.78 Å². The number of rotatable bonds is 6. The Bertz CT molecular complexity index is 856. The minimum Gasteiger partial charge on any atom is -0.467 e. The van der Waals surface area contributed by atoms with Crippen molar-refractivity contribution < 1.29 is 9.21 Å². The van der Waals surface area contributed by atoms with Crippen LogP contribution in [-0.2, 0) is 6.54 Å². The lowest BCUT2D eigenvalue weighted by atomic mass is 9.99. The van der Waals surface area contributed by atoms with Crippen molar-refractivity contribution in [3.8, 4) is 0 Å². The molecule has 3 rings (SSSR count). The molecular formula is C17H18N4O2S. The molecule has 24 heavy (non-hydrogen) atoms. The molecule has 1 aromatic carbocycles. The van der Waals surface area contributed by atoms with Crippen LogP contribution in [-0.4, -0.2) is 31.7 Å². The van der Waals surface area contributed by atoms with Crippen LogP contribution < -0.4 is 0 Å². The predicted octanol–water partition coefficient (Wildman–Crippen LogP) is 3.21. The van der Waals surface area contributed by atoms with E-state index in [-0.39, 0.29) is 5.78 Å². The van der Waals surface area contributed by atoms with Gasteiger partial charge >= 0.3 is 0 Å². The highest BCUT2D eigenvalue weighted by molar-refractivity contribution is 7.99. The highest BCUT2D eigenvalue weighted by Crippen LogP contribution is 2.20. The molecule has 0 bridgehead atoms. The van der Waals surface area contributed by atoms with E-state index in [4.69, 9.17) is 4.42 Å². The maximum atomic E-state index is 12.5. The van der Waals surface area contributed by atoms with Crippen molar-refractivity contribution in [3.63, 3.8) is 0 Å². The largest absolute Gasteiger partial charge is 0.467 e. The average molecular weight is 342 g/mol. The molecule has 2 heterocycles. The van der Waals surface area contributed by atoms with Crippen molar-refractivity contribution in [2.75, 3.05) is 5.75 Å². The summed E-state index contributed by atoms with van der Waals surface area (Å²) in [6.07, 6.45) is 1.61. The topological polar surface area (TPSA) is 73.8 Å². The van der Waals surface area contributed by atoms with Gasteiger partial charge in [0.2, 0.25) is 5.16 Å². The third-order valence-corrected chi connectivity index (χ3v) is 4.82. The van der Waals surface area contributed by atoms with Crippen molar-refractivity contribution in [2.45, 2.75) is 32.5 Å². The molecular weight excluding hydrogens is 324 g/mol. The van der Waals surface area contributed by atoms with Gasteiger partial charge in [0.1, 0.15) is 12.3 Å². The van der Waals surface area contributed by atoms with E-state index < -0.39 is 0 Å². The molecule has 0 aliphatic heterocycles. The molecule has 3 aromatic rings. The average Bonchev–Trinajstić information content (AvgIpc) is 3.21. The number of benzene rings is 1. The van der Waals surface area contributed by atoms with Gasteiger partial charge in [-0.15, -0.1) is 5.10 Å². The molecule has 0 atom stereocenters. The van der Waals surface area contributed by atoms with E-state index in [1.165, 1.54) is 17.3 Å². The number of nitrogens with zero attached hydrogens (tertiary/aromatic N) is 4. The summed E-state index contributed by atoms with van der Waals surface area (Å²) < 4.78 is 6.93. The van der Waals surface area contributed by atoms with Gasteiger partial charge < -0.3 is 4.42 Å². The number of thioether (sulfide) groups is 1. The number of Topliss-reactive ketones (excluding diaryl/α,β-unsaturated/α-hetero) is 1. The van der Waals surface area contributed by atoms with E-state index in [1.54, 1.807) is 10.9 Å². The third-order valence-electron chi connectivity index (χ3n) is 3.86. The van der Waals surface area contributed by atoms with E-state index >= 15 is 0 Å². The SMILES string of the molecule is Cc1cc(C)c(C(=O)CSc2nnnn2Cc2ccco2)cc1C. The van der Waals surface area contributed by atoms with Gasteiger partial charge in [-0.2, -0.15) is 0 Å². The number of hydrogen-bond donors (Lipinski definition) is 0. The van der Waals surface area contributed by atoms with Gasteiger partial charge in [0.25, 0.3) is 0 Å². The van der Waals surface area contributed by atoms with E-state index in [0.717, 1.165) is 22.5 Å². The normalized spacial score (nSPS) is 11.0. The number of aryl methyl sites for hydroxylation is 3. The number of carbonyl (C=O) groups is 1. The summed E-state index contributed by atoms with van der Waals surface area (Å²) in [5.41, 5.74) is 4.07. The molecule has 0 aliphatic rings. The summed E-state index contributed by atoms with van der Waals surface area (Å²) in [6.45, 7) is 6.47. The molecule has 6 nitrogen and oxygen atoms in total. The Morgan fingerprint density at radius 1 is 1.21 bits per heavy atom. The monoisotopic (exact) mass is 342 g/mol. The second kappa shape index (κ2) is 7.00. The van der Waals surface area contributed by atoms with Crippen molar-refractivity contribution in [3.05, 3.63) is 58.5 Å². The van der Waals surface area contributed by atoms with Gasteiger partial charge in [0.05, 0.1) is 12.0 Å². The quantitative estimate of drug-likeness (QED) is 0.506. The standard InChI is InChI=1S/C17H18N4O2S/c1-11-7-13(3)15(8-12(11)2)16(22)10-24-17-18-19-20-21(17)9-14-5-4-6-23-14/h4-8H,9-10H2,1-3H3. The summed E-state index contributed by atoms with van der Waals surface area (Å²) in [4.78, 5) is 12.5. The second-order valence-electron chi connectivity index (χ2n) is 5.66. The van der Waals surface area contributed by atoms with Crippen LogP contribution in [0.5, 0.6) is 0 Å². The zero-order valence-electron chi connectivity index (χ0n) is 13.8. The number of hydrogen-bond acceptors (Lipinski definition) is 6. The van der Waals surface area contributed by atoms with E-state index in [0.29, 0.717) is 17.5 Å². The number of tetrazole rings is 1. The third kappa shape index (κ3) is 3.56. The van der Waals surface area contributed by atoms with Crippen molar-refractivity contribution in [2.24, 2.45) is 0 Å². The molecule has 0 fully saturated rings. The Morgan fingerprint density at radius 3 is 2.75 bits per heavy atom. The van der Waals surface area contributed by atoms with E-state index in [9.17, 15) is 4.79 Å². The molecule has 0 radical (unpaired) electrons. The molecule has 0 N–H and O–H groups in total. The summed E-state index contributed by atoms with van der Waals surface area (Å²) in [6, 6.07) is 7.69. The number of aromatic nitrogens is 4. The Balaban J connectivity index is 1.69. The predicted molar refractivity (Wildman–Crippen MR) is 91.3 cm³/mol. The first-order valence-corrected chi connectivity index (χ1v) is 8.55. The molecule has 0 saturated heterocycles. The van der Waals surface area contributed by atoms with Crippen molar-refractivity contribution in [1.82, 2.24) is 20.2 Å². The Labute approximate surface area is 144 Å². The number of carbonyl (C=O) groups excluding carboxylic acids is 1. The lowest BCUT2D eigenvalue weighted by Crippen LogP contribution is -2.08. The fourth-order valence-corrected chi connectivity index (χ4v) is 3.18. The molecule has 0 spiro atoms. The lowest BCUT2D eigenvalue weighted by Gasteiger charge is -2.08. The van der Waals surface area contributed by atoms with Crippen LogP contribution in [0.2, 0.25) is 0 Å². The van der Waals surface area contributed by atoms with Crippen LogP contribution in [0.3, 0.4) is 0 Å². The van der Waals surface area contributed by atoms with Crippen LogP contribution in [0.25, 0.3) is 0 Å². The highest BCUT2D eigenvalue weighted by Gasteiger charge is 2.15.